The van der Waals surface area contributed by atoms with Gasteiger partial charge in [-0.25, -0.2) is 15.0 Å². The van der Waals surface area contributed by atoms with Gasteiger partial charge in [-0.15, -0.1) is 0 Å². The number of pyridine rings is 1. The van der Waals surface area contributed by atoms with E-state index >= 15 is 0 Å². The molecule has 166 valence electrons. The van der Waals surface area contributed by atoms with Gasteiger partial charge < -0.3 is 13.9 Å². The van der Waals surface area contributed by atoms with Crippen molar-refractivity contribution in [3.63, 3.8) is 0 Å². The van der Waals surface area contributed by atoms with Crippen LogP contribution < -0.4 is 9.47 Å². The van der Waals surface area contributed by atoms with E-state index in [9.17, 15) is 0 Å². The fraction of sp³-hybridized carbons (Fsp3) is 0.250. The molecule has 9 heteroatoms. The van der Waals surface area contributed by atoms with Gasteiger partial charge in [0.2, 0.25) is 0 Å². The van der Waals surface area contributed by atoms with Crippen LogP contribution in [0.1, 0.15) is 18.4 Å². The number of hydrogen-bond acceptors (Lipinski definition) is 9. The number of fused-ring (bicyclic) bond motifs is 2. The molecule has 1 aromatic carbocycles. The summed E-state index contributed by atoms with van der Waals surface area (Å²) in [4.78, 5) is 19.4. The van der Waals surface area contributed by atoms with Crippen molar-refractivity contribution in [3.05, 3.63) is 66.8 Å². The summed E-state index contributed by atoms with van der Waals surface area (Å²) in [5.74, 6) is 0.698. The van der Waals surface area contributed by atoms with Crippen LogP contribution in [0.2, 0.25) is 0 Å². The van der Waals surface area contributed by atoms with Gasteiger partial charge >= 0.3 is 6.01 Å². The molecule has 33 heavy (non-hydrogen) atoms. The van der Waals surface area contributed by atoms with Gasteiger partial charge in [-0.2, -0.15) is 4.98 Å². The number of hydrogen-bond donors (Lipinski definition) is 0. The van der Waals surface area contributed by atoms with E-state index in [1.165, 1.54) is 16.9 Å². The molecule has 0 spiro atoms. The van der Waals surface area contributed by atoms with Gasteiger partial charge in [0.1, 0.15) is 17.4 Å². The molecule has 0 amide bonds. The second-order valence-corrected chi connectivity index (χ2v) is 8.94. The summed E-state index contributed by atoms with van der Waals surface area (Å²) in [5, 5.41) is 1.67. The van der Waals surface area contributed by atoms with Crippen LogP contribution >= 0.6 is 11.3 Å². The molecule has 0 atom stereocenters. The average molecular weight is 460 g/mol. The van der Waals surface area contributed by atoms with Crippen LogP contribution in [0.3, 0.4) is 0 Å². The maximum Gasteiger partial charge on any atom is 0.316 e. The number of rotatable bonds is 6. The average Bonchev–Trinajstić information content (AvgIpc) is 3.44. The highest BCUT2D eigenvalue weighted by molar-refractivity contribution is 7.20. The van der Waals surface area contributed by atoms with Gasteiger partial charge in [0.15, 0.2) is 5.65 Å². The van der Waals surface area contributed by atoms with Crippen LogP contribution in [-0.4, -0.2) is 44.0 Å². The van der Waals surface area contributed by atoms with E-state index in [4.69, 9.17) is 13.9 Å². The number of aromatic nitrogens is 4. The molecule has 0 N–H and O–H groups in total. The van der Waals surface area contributed by atoms with E-state index in [1.807, 2.05) is 30.5 Å². The van der Waals surface area contributed by atoms with Gasteiger partial charge in [-0.05, 0) is 43.2 Å². The fourth-order valence-electron chi connectivity index (χ4n) is 4.06. The van der Waals surface area contributed by atoms with Gasteiger partial charge in [-0.3, -0.25) is 4.90 Å². The van der Waals surface area contributed by atoms with Crippen LogP contribution in [-0.2, 0) is 6.54 Å². The first-order valence-electron chi connectivity index (χ1n) is 10.9. The second-order valence-electron chi connectivity index (χ2n) is 7.95. The SMILES string of the molecule is c1cnc(OC2CCN(Cc3coc4cc(Oc5nc6ncccc6s5)ccc34)CC2)nc1. The minimum atomic E-state index is 0.155. The lowest BCUT2D eigenvalue weighted by Crippen LogP contribution is -2.38. The van der Waals surface area contributed by atoms with E-state index < -0.39 is 0 Å². The molecule has 8 nitrogen and oxygen atoms in total. The molecule has 1 fully saturated rings. The van der Waals surface area contributed by atoms with Gasteiger partial charge in [0, 0.05) is 55.2 Å². The monoisotopic (exact) mass is 459 g/mol. The van der Waals surface area contributed by atoms with E-state index in [0.717, 1.165) is 48.1 Å². The molecule has 1 aliphatic heterocycles. The highest BCUT2D eigenvalue weighted by Crippen LogP contribution is 2.33. The number of furan rings is 1. The van der Waals surface area contributed by atoms with Crippen LogP contribution in [0.4, 0.5) is 0 Å². The number of likely N-dealkylation sites (tertiary alicyclic amines) is 1. The summed E-state index contributed by atoms with van der Waals surface area (Å²) in [6.45, 7) is 2.75. The molecule has 0 bridgehead atoms. The summed E-state index contributed by atoms with van der Waals surface area (Å²) in [5.41, 5.74) is 2.68. The van der Waals surface area contributed by atoms with Crippen molar-refractivity contribution < 1.29 is 13.9 Å². The lowest BCUT2D eigenvalue weighted by molar-refractivity contribution is 0.0893. The second kappa shape index (κ2) is 8.76. The Morgan fingerprint density at radius 3 is 2.73 bits per heavy atom. The number of ether oxygens (including phenoxy) is 2. The maximum atomic E-state index is 5.96. The molecule has 0 radical (unpaired) electrons. The maximum absolute atomic E-state index is 5.96. The van der Waals surface area contributed by atoms with Crippen molar-refractivity contribution in [3.8, 4) is 17.0 Å². The highest BCUT2D eigenvalue weighted by Gasteiger charge is 2.22. The zero-order valence-electron chi connectivity index (χ0n) is 17.8. The van der Waals surface area contributed by atoms with Crippen LogP contribution in [0.15, 0.2) is 65.7 Å². The quantitative estimate of drug-likeness (QED) is 0.348. The van der Waals surface area contributed by atoms with Crippen molar-refractivity contribution in [1.29, 1.82) is 0 Å². The molecular formula is C24H21N5O3S. The number of nitrogens with zero attached hydrogens (tertiary/aromatic N) is 5. The minimum Gasteiger partial charge on any atom is -0.464 e. The van der Waals surface area contributed by atoms with Crippen LogP contribution in [0.25, 0.3) is 21.3 Å². The molecule has 0 unspecified atom stereocenters. The van der Waals surface area contributed by atoms with Crippen LogP contribution in [0, 0.1) is 0 Å². The Kier molecular flexibility index (Phi) is 5.33. The molecule has 1 saturated heterocycles. The molecule has 6 rings (SSSR count). The molecule has 0 aliphatic carbocycles. The smallest absolute Gasteiger partial charge is 0.316 e. The summed E-state index contributed by atoms with van der Waals surface area (Å²) < 4.78 is 18.7. The Morgan fingerprint density at radius 1 is 1.03 bits per heavy atom. The lowest BCUT2D eigenvalue weighted by atomic mass is 10.1. The summed E-state index contributed by atoms with van der Waals surface area (Å²) in [6, 6.07) is 12.1. The minimum absolute atomic E-state index is 0.155. The van der Waals surface area contributed by atoms with Crippen molar-refractivity contribution in [2.45, 2.75) is 25.5 Å². The standard InChI is InChI=1S/C24H21N5O3S/c1-3-21-22(25-8-1)28-24(33-21)32-18-4-5-19-16(15-30-20(19)13-18)14-29-11-6-17(7-12-29)31-23-26-9-2-10-27-23/h1-5,8-10,13,15,17H,6-7,11-12,14H2. The highest BCUT2D eigenvalue weighted by atomic mass is 32.1. The normalized spacial score (nSPS) is 15.3. The summed E-state index contributed by atoms with van der Waals surface area (Å²) in [6.07, 6.45) is 9.03. The molecule has 4 aromatic heterocycles. The Bertz CT molecular complexity index is 1350. The summed E-state index contributed by atoms with van der Waals surface area (Å²) in [7, 11) is 0. The van der Waals surface area contributed by atoms with Crippen molar-refractivity contribution >= 4 is 32.7 Å². The van der Waals surface area contributed by atoms with Gasteiger partial charge in [-0.1, -0.05) is 11.3 Å². The van der Waals surface area contributed by atoms with E-state index in [-0.39, 0.29) is 6.10 Å². The van der Waals surface area contributed by atoms with E-state index in [0.29, 0.717) is 22.6 Å². The lowest BCUT2D eigenvalue weighted by Gasteiger charge is -2.31. The predicted molar refractivity (Wildman–Crippen MR) is 125 cm³/mol. The third-order valence-corrected chi connectivity index (χ3v) is 6.61. The van der Waals surface area contributed by atoms with Gasteiger partial charge in [0.05, 0.1) is 11.0 Å². The third-order valence-electron chi connectivity index (χ3n) is 5.72. The van der Waals surface area contributed by atoms with E-state index in [2.05, 4.69) is 30.9 Å². The van der Waals surface area contributed by atoms with Crippen molar-refractivity contribution in [1.82, 2.24) is 24.8 Å². The number of thiazole rings is 1. The van der Waals surface area contributed by atoms with Gasteiger partial charge in [0.25, 0.3) is 5.19 Å². The van der Waals surface area contributed by atoms with Crippen LogP contribution in [0.5, 0.6) is 17.0 Å². The Balaban J connectivity index is 1.09. The largest absolute Gasteiger partial charge is 0.464 e. The zero-order chi connectivity index (χ0) is 22.0. The Hall–Kier alpha value is -3.56. The topological polar surface area (TPSA) is 86.4 Å². The molecule has 5 heterocycles. The Labute approximate surface area is 193 Å². The van der Waals surface area contributed by atoms with Crippen molar-refractivity contribution in [2.24, 2.45) is 0 Å². The molecule has 1 aliphatic rings. The van der Waals surface area contributed by atoms with Crippen molar-refractivity contribution in [2.75, 3.05) is 13.1 Å². The first kappa shape index (κ1) is 20.1. The zero-order valence-corrected chi connectivity index (χ0v) is 18.6. The molecule has 0 saturated carbocycles. The predicted octanol–water partition coefficient (Wildman–Crippen LogP) is 5.06. The Morgan fingerprint density at radius 2 is 1.88 bits per heavy atom. The number of benzene rings is 1. The number of piperidine rings is 1. The first-order valence-corrected chi connectivity index (χ1v) is 11.7. The third kappa shape index (κ3) is 4.37. The molecule has 5 aromatic rings. The first-order chi connectivity index (χ1) is 16.3. The summed E-state index contributed by atoms with van der Waals surface area (Å²) >= 11 is 1.48. The fourth-order valence-corrected chi connectivity index (χ4v) is 4.86. The molecular weight excluding hydrogens is 438 g/mol. The van der Waals surface area contributed by atoms with E-state index in [1.54, 1.807) is 24.7 Å².